The van der Waals surface area contributed by atoms with E-state index >= 15 is 0 Å². The Kier molecular flexibility index (Phi) is 18.0. The summed E-state index contributed by atoms with van der Waals surface area (Å²) in [6.07, 6.45) is 3.33. The van der Waals surface area contributed by atoms with Crippen LogP contribution in [-0.4, -0.2) is 64.8 Å². The van der Waals surface area contributed by atoms with E-state index in [-0.39, 0.29) is 35.8 Å². The summed E-state index contributed by atoms with van der Waals surface area (Å²) in [5.41, 5.74) is 2.76. The molecule has 0 amide bonds. The molecule has 1 N–H and O–H groups in total. The average molecular weight is 939 g/mol. The van der Waals surface area contributed by atoms with E-state index in [1.54, 1.807) is 6.92 Å². The minimum atomic E-state index is -2.40. The third kappa shape index (κ3) is 12.9. The van der Waals surface area contributed by atoms with Crippen LogP contribution in [0.3, 0.4) is 0 Å². The summed E-state index contributed by atoms with van der Waals surface area (Å²) in [6.45, 7) is 33.8. The number of halogens is 1. The lowest BCUT2D eigenvalue weighted by Gasteiger charge is -2.41. The van der Waals surface area contributed by atoms with E-state index in [0.717, 1.165) is 50.2 Å². The Hall–Kier alpha value is -1.75. The van der Waals surface area contributed by atoms with Gasteiger partial charge in [0.2, 0.25) is 5.60 Å². The van der Waals surface area contributed by atoms with Gasteiger partial charge in [-0.2, -0.15) is 0 Å². The third-order valence-electron chi connectivity index (χ3n) is 12.0. The van der Waals surface area contributed by atoms with Crippen LogP contribution in [0.15, 0.2) is 48.0 Å². The van der Waals surface area contributed by atoms with Gasteiger partial charge in [0.05, 0.1) is 34.6 Å². The highest BCUT2D eigenvalue weighted by atomic mass is 127. The van der Waals surface area contributed by atoms with Crippen LogP contribution in [0.25, 0.3) is 0 Å². The number of carbonyl (C=O) groups is 1. The highest BCUT2D eigenvalue weighted by Gasteiger charge is 2.69. The smallest absolute Gasteiger partial charge is 0.343 e. The molecule has 57 heavy (non-hydrogen) atoms. The highest BCUT2D eigenvalue weighted by molar-refractivity contribution is 14.1. The van der Waals surface area contributed by atoms with E-state index in [1.807, 2.05) is 31.2 Å². The van der Waals surface area contributed by atoms with Crippen molar-refractivity contribution in [3.63, 3.8) is 0 Å². The van der Waals surface area contributed by atoms with Gasteiger partial charge in [0.15, 0.2) is 16.6 Å². The Morgan fingerprint density at radius 3 is 2.11 bits per heavy atom. The molecule has 322 valence electrons. The number of carbonyl (C=O) groups excluding carboxylic acids is 1. The first-order valence-corrected chi connectivity index (χ1v) is 28.0. The van der Waals surface area contributed by atoms with Crippen LogP contribution in [0.1, 0.15) is 119 Å². The monoisotopic (exact) mass is 938 g/mol. The molecule has 0 aromatic heterocycles. The van der Waals surface area contributed by atoms with E-state index in [1.165, 1.54) is 0 Å². The first kappa shape index (κ1) is 49.6. The van der Waals surface area contributed by atoms with Gasteiger partial charge in [0.25, 0.3) is 0 Å². The molecule has 1 saturated heterocycles. The Bertz CT molecular complexity index is 1630. The van der Waals surface area contributed by atoms with Crippen molar-refractivity contribution >= 4 is 45.2 Å². The van der Waals surface area contributed by atoms with E-state index < -0.39 is 40.4 Å². The van der Waals surface area contributed by atoms with E-state index in [9.17, 15) is 9.90 Å². The zero-order valence-corrected chi connectivity index (χ0v) is 42.1. The number of esters is 1. The molecule has 2 aromatic carbocycles. The maximum Gasteiger partial charge on any atom is 0.343 e. The number of rotatable bonds is 22. The second kappa shape index (κ2) is 20.7. The number of benzene rings is 2. The highest BCUT2D eigenvalue weighted by Crippen LogP contribution is 2.49. The molecule has 1 heterocycles. The number of ether oxygens (including phenoxy) is 4. The maximum absolute atomic E-state index is 13.6. The second-order valence-corrected chi connectivity index (χ2v) is 29.8. The Morgan fingerprint density at radius 2 is 1.58 bits per heavy atom. The quantitative estimate of drug-likeness (QED) is 0.0410. The Labute approximate surface area is 361 Å². The van der Waals surface area contributed by atoms with Gasteiger partial charge in [-0.05, 0) is 120 Å². The van der Waals surface area contributed by atoms with Gasteiger partial charge in [-0.1, -0.05) is 106 Å². The lowest BCUT2D eigenvalue weighted by Crippen LogP contribution is -2.53. The largest absolute Gasteiger partial charge is 0.488 e. The first-order chi connectivity index (χ1) is 26.4. The van der Waals surface area contributed by atoms with Crippen molar-refractivity contribution in [2.45, 2.75) is 182 Å². The van der Waals surface area contributed by atoms with Crippen LogP contribution in [-0.2, 0) is 42.8 Å². The number of aliphatic hydroxyl groups excluding tert-OH is 1. The predicted octanol–water partition coefficient (Wildman–Crippen LogP) is 11.9. The van der Waals surface area contributed by atoms with Gasteiger partial charge >= 0.3 is 5.97 Å². The molecule has 0 radical (unpaired) electrons. The molecule has 0 aliphatic carbocycles. The first-order valence-electron chi connectivity index (χ1n) is 21.1. The van der Waals surface area contributed by atoms with Crippen LogP contribution in [0.5, 0.6) is 11.5 Å². The number of hydrogen-bond acceptors (Lipinski definition) is 8. The molecule has 2 aromatic rings. The molecule has 11 heteroatoms. The molecule has 0 saturated carbocycles. The SMILES string of the molecule is CCC/C(=C\COc1c(I)cc(CC(C)C)c(OCc2ccccc2)c1CO[Si](C)(C)C(C)(C)C)C(O)C[C@@H](O[Si](C)(C)C(C)(C)C)C1(C(=O)OCC)O[C@H]1CC. The van der Waals surface area contributed by atoms with Crippen LogP contribution in [0, 0.1) is 9.49 Å². The van der Waals surface area contributed by atoms with E-state index in [2.05, 4.69) is 129 Å². The molecule has 8 nitrogen and oxygen atoms in total. The standard InChI is InChI=1S/C46H75IO8Si2/c1-16-22-34(38(48)29-40(55-57(14,15)45(9,10)11)46(39(17-2)54-46)43(49)50-18-3)25-26-51-42-36(31-53-56(12,13)44(6,7)8)41(35(27-32(4)5)28-37(42)47)52-30-33-23-20-19-21-24-33/h19-21,23-25,28,32,38-40,48H,16-18,22,26-27,29-31H2,1-15H3/b34-25+/t38?,39-,40+,46?/m0/s1. The molecule has 2 unspecified atom stereocenters. The van der Waals surface area contributed by atoms with Gasteiger partial charge in [-0.3, -0.25) is 0 Å². The number of epoxide rings is 1. The third-order valence-corrected chi connectivity index (χ3v) is 21.8. The van der Waals surface area contributed by atoms with E-state index in [4.69, 9.17) is 27.8 Å². The van der Waals surface area contributed by atoms with Crippen molar-refractivity contribution < 1.29 is 37.7 Å². The van der Waals surface area contributed by atoms with Crippen LogP contribution in [0.4, 0.5) is 0 Å². The van der Waals surface area contributed by atoms with Crippen molar-refractivity contribution in [3.8, 4) is 11.5 Å². The minimum Gasteiger partial charge on any atom is -0.488 e. The van der Waals surface area contributed by atoms with Crippen molar-refractivity contribution in [2.24, 2.45) is 5.92 Å². The molecular weight excluding hydrogens is 864 g/mol. The normalized spacial score (nSPS) is 19.1. The fourth-order valence-corrected chi connectivity index (χ4v) is 9.66. The molecule has 3 rings (SSSR count). The zero-order valence-electron chi connectivity index (χ0n) is 37.9. The fourth-order valence-electron chi connectivity index (χ4n) is 6.53. The number of aliphatic hydroxyl groups is 1. The molecule has 1 aliphatic rings. The minimum absolute atomic E-state index is 0.0242. The lowest BCUT2D eigenvalue weighted by atomic mass is 9.89. The lowest BCUT2D eigenvalue weighted by molar-refractivity contribution is -0.154. The predicted molar refractivity (Wildman–Crippen MR) is 246 cm³/mol. The van der Waals surface area contributed by atoms with Crippen molar-refractivity contribution in [2.75, 3.05) is 13.2 Å². The van der Waals surface area contributed by atoms with Gasteiger partial charge in [-0.15, -0.1) is 0 Å². The van der Waals surface area contributed by atoms with Crippen LogP contribution < -0.4 is 9.47 Å². The van der Waals surface area contributed by atoms with Crippen molar-refractivity contribution in [3.05, 3.63) is 68.3 Å². The average Bonchev–Trinajstić information content (AvgIpc) is 3.86. The summed E-state index contributed by atoms with van der Waals surface area (Å²) in [4.78, 5) is 13.6. The van der Waals surface area contributed by atoms with Crippen molar-refractivity contribution in [1.29, 1.82) is 0 Å². The van der Waals surface area contributed by atoms with Gasteiger partial charge in [0, 0.05) is 6.42 Å². The number of hydrogen-bond donors (Lipinski definition) is 1. The van der Waals surface area contributed by atoms with Gasteiger partial charge in [-0.25, -0.2) is 4.79 Å². The molecule has 0 bridgehead atoms. The molecule has 0 spiro atoms. The second-order valence-electron chi connectivity index (χ2n) is 19.1. The summed E-state index contributed by atoms with van der Waals surface area (Å²) >= 11 is 2.38. The molecular formula is C46H75IO8Si2. The van der Waals surface area contributed by atoms with Crippen molar-refractivity contribution in [1.82, 2.24) is 0 Å². The summed E-state index contributed by atoms with van der Waals surface area (Å²) < 4.78 is 40.1. The van der Waals surface area contributed by atoms with Crippen LogP contribution >= 0.6 is 22.6 Å². The topological polar surface area (TPSA) is 96.0 Å². The maximum atomic E-state index is 13.6. The molecule has 1 aliphatic heterocycles. The summed E-state index contributed by atoms with van der Waals surface area (Å²) in [5, 5.41) is 11.9. The Morgan fingerprint density at radius 1 is 0.947 bits per heavy atom. The van der Waals surface area contributed by atoms with Crippen LogP contribution in [0.2, 0.25) is 36.3 Å². The molecule has 1 fully saturated rings. The van der Waals surface area contributed by atoms with E-state index in [0.29, 0.717) is 32.0 Å². The summed E-state index contributed by atoms with van der Waals surface area (Å²) in [5.74, 6) is 1.57. The fraction of sp³-hybridized carbons (Fsp3) is 0.674. The molecule has 4 atom stereocenters. The summed E-state index contributed by atoms with van der Waals surface area (Å²) in [6, 6.07) is 12.4. The van der Waals surface area contributed by atoms with Gasteiger partial charge < -0.3 is 32.9 Å². The Balaban J connectivity index is 2.05. The zero-order chi connectivity index (χ0) is 43.0. The summed E-state index contributed by atoms with van der Waals surface area (Å²) in [7, 11) is -4.55. The van der Waals surface area contributed by atoms with Gasteiger partial charge in [0.1, 0.15) is 30.8 Å².